The highest BCUT2D eigenvalue weighted by molar-refractivity contribution is 6.30. The molecule has 16 heavy (non-hydrogen) atoms. The minimum absolute atomic E-state index is 0.103. The third-order valence-corrected chi connectivity index (χ3v) is 2.48. The molecule has 0 atom stereocenters. The van der Waals surface area contributed by atoms with Crippen LogP contribution in [0.25, 0.3) is 0 Å². The van der Waals surface area contributed by atoms with Crippen molar-refractivity contribution in [3.05, 3.63) is 46.5 Å². The molecule has 0 radical (unpaired) electrons. The molecule has 2 nitrogen and oxygen atoms in total. The summed E-state index contributed by atoms with van der Waals surface area (Å²) >= 11 is 11.3. The van der Waals surface area contributed by atoms with Crippen molar-refractivity contribution in [1.29, 1.82) is 0 Å². The lowest BCUT2D eigenvalue weighted by molar-refractivity contribution is 0.0957. The largest absolute Gasteiger partial charge is 0.349 e. The van der Waals surface area contributed by atoms with Gasteiger partial charge in [0.25, 0.3) is 5.91 Å². The maximum absolute atomic E-state index is 11.7. The Hall–Kier alpha value is -0.990. The van der Waals surface area contributed by atoms with Crippen LogP contribution in [0.5, 0.6) is 0 Å². The van der Waals surface area contributed by atoms with E-state index in [1.165, 1.54) is 0 Å². The summed E-state index contributed by atoms with van der Waals surface area (Å²) in [5.74, 6) is 0.351. The number of alkyl halides is 1. The van der Waals surface area contributed by atoms with Crippen LogP contribution in [-0.4, -0.2) is 18.3 Å². The van der Waals surface area contributed by atoms with Crippen LogP contribution < -0.4 is 5.32 Å². The molecule has 86 valence electrons. The molecular weight excluding hydrogens is 245 g/mol. The van der Waals surface area contributed by atoms with Gasteiger partial charge in [0.15, 0.2) is 0 Å². The van der Waals surface area contributed by atoms with Crippen LogP contribution >= 0.6 is 23.2 Å². The number of amides is 1. The number of rotatable bonds is 4. The molecule has 0 saturated carbocycles. The van der Waals surface area contributed by atoms with Crippen molar-refractivity contribution >= 4 is 29.1 Å². The highest BCUT2D eigenvalue weighted by Crippen LogP contribution is 2.14. The van der Waals surface area contributed by atoms with Gasteiger partial charge in [-0.25, -0.2) is 0 Å². The smallest absolute Gasteiger partial charge is 0.251 e. The molecule has 0 bridgehead atoms. The Morgan fingerprint density at radius 1 is 1.44 bits per heavy atom. The highest BCUT2D eigenvalue weighted by Gasteiger charge is 2.07. The second kappa shape index (κ2) is 6.56. The van der Waals surface area contributed by atoms with Crippen LogP contribution in [0.1, 0.15) is 15.9 Å². The lowest BCUT2D eigenvalue weighted by atomic mass is 10.1. The third kappa shape index (κ3) is 3.87. The van der Waals surface area contributed by atoms with E-state index in [1.54, 1.807) is 24.3 Å². The van der Waals surface area contributed by atoms with Gasteiger partial charge in [-0.2, -0.15) is 0 Å². The van der Waals surface area contributed by atoms with Crippen molar-refractivity contribution in [3.63, 3.8) is 0 Å². The number of hydrogen-bond acceptors (Lipinski definition) is 1. The van der Waals surface area contributed by atoms with Gasteiger partial charge in [0.05, 0.1) is 0 Å². The molecule has 0 saturated heterocycles. The Bertz CT molecular complexity index is 402. The first kappa shape index (κ1) is 13.1. The van der Waals surface area contributed by atoms with Crippen LogP contribution in [-0.2, 0) is 0 Å². The minimum atomic E-state index is -0.103. The molecule has 1 amide bonds. The maximum atomic E-state index is 11.7. The highest BCUT2D eigenvalue weighted by atomic mass is 35.5. The zero-order valence-electron chi connectivity index (χ0n) is 8.97. The second-order valence-corrected chi connectivity index (χ2v) is 4.04. The Balaban J connectivity index is 2.63. The Kier molecular flexibility index (Phi) is 5.36. The molecule has 0 aliphatic rings. The van der Waals surface area contributed by atoms with Crippen molar-refractivity contribution in [1.82, 2.24) is 5.32 Å². The van der Waals surface area contributed by atoms with Gasteiger partial charge in [-0.15, -0.1) is 11.6 Å². The van der Waals surface area contributed by atoms with Crippen LogP contribution in [0.2, 0.25) is 5.02 Å². The van der Waals surface area contributed by atoms with E-state index in [2.05, 4.69) is 5.32 Å². The fourth-order valence-electron chi connectivity index (χ4n) is 1.28. The Morgan fingerprint density at radius 3 is 2.81 bits per heavy atom. The first-order valence-electron chi connectivity index (χ1n) is 4.90. The molecule has 0 fully saturated rings. The molecular formula is C12H13Cl2NO. The van der Waals surface area contributed by atoms with E-state index in [9.17, 15) is 4.79 Å². The predicted molar refractivity (Wildman–Crippen MR) is 68.4 cm³/mol. The number of hydrogen-bond donors (Lipinski definition) is 1. The average molecular weight is 258 g/mol. The summed E-state index contributed by atoms with van der Waals surface area (Å²) in [7, 11) is 0. The zero-order chi connectivity index (χ0) is 12.0. The zero-order valence-corrected chi connectivity index (χ0v) is 10.5. The molecule has 1 N–H and O–H groups in total. The van der Waals surface area contributed by atoms with Crippen molar-refractivity contribution in [3.8, 4) is 0 Å². The molecule has 0 aromatic heterocycles. The molecule has 1 rings (SSSR count). The first-order valence-corrected chi connectivity index (χ1v) is 5.81. The molecule has 0 spiro atoms. The molecule has 0 aliphatic carbocycles. The monoisotopic (exact) mass is 257 g/mol. The van der Waals surface area contributed by atoms with Crippen LogP contribution in [0, 0.1) is 6.92 Å². The van der Waals surface area contributed by atoms with Crippen LogP contribution in [0.15, 0.2) is 30.4 Å². The average Bonchev–Trinajstić information content (AvgIpc) is 2.24. The summed E-state index contributed by atoms with van der Waals surface area (Å²) in [4.78, 5) is 11.7. The normalized spacial score (nSPS) is 10.7. The van der Waals surface area contributed by atoms with Crippen LogP contribution in [0.3, 0.4) is 0 Å². The van der Waals surface area contributed by atoms with Gasteiger partial charge in [-0.05, 0) is 30.7 Å². The second-order valence-electron chi connectivity index (χ2n) is 3.29. The molecule has 0 aliphatic heterocycles. The summed E-state index contributed by atoms with van der Waals surface area (Å²) in [6.07, 6.45) is 3.60. The van der Waals surface area contributed by atoms with Gasteiger partial charge < -0.3 is 5.32 Å². The summed E-state index contributed by atoms with van der Waals surface area (Å²) in [5, 5.41) is 3.40. The topological polar surface area (TPSA) is 29.1 Å². The van der Waals surface area contributed by atoms with Crippen molar-refractivity contribution in [2.24, 2.45) is 0 Å². The van der Waals surface area contributed by atoms with E-state index < -0.39 is 0 Å². The summed E-state index contributed by atoms with van der Waals surface area (Å²) < 4.78 is 0. The van der Waals surface area contributed by atoms with Gasteiger partial charge >= 0.3 is 0 Å². The van der Waals surface area contributed by atoms with Crippen molar-refractivity contribution in [2.45, 2.75) is 6.92 Å². The van der Waals surface area contributed by atoms with E-state index in [0.29, 0.717) is 23.0 Å². The van der Waals surface area contributed by atoms with Gasteiger partial charge in [0, 0.05) is 23.0 Å². The lowest BCUT2D eigenvalue weighted by Gasteiger charge is -2.05. The van der Waals surface area contributed by atoms with Gasteiger partial charge in [-0.1, -0.05) is 23.8 Å². The fourth-order valence-corrected chi connectivity index (χ4v) is 1.63. The van der Waals surface area contributed by atoms with E-state index in [0.717, 1.165) is 5.56 Å². The number of nitrogens with one attached hydrogen (secondary N) is 1. The Morgan fingerprint density at radius 2 is 2.19 bits per heavy atom. The van der Waals surface area contributed by atoms with Crippen molar-refractivity contribution in [2.75, 3.05) is 12.4 Å². The minimum Gasteiger partial charge on any atom is -0.349 e. The first-order chi connectivity index (χ1) is 7.65. The fraction of sp³-hybridized carbons (Fsp3) is 0.250. The molecule has 0 unspecified atom stereocenters. The summed E-state index contributed by atoms with van der Waals surface area (Å²) in [6, 6.07) is 5.20. The van der Waals surface area contributed by atoms with E-state index in [4.69, 9.17) is 23.2 Å². The summed E-state index contributed by atoms with van der Waals surface area (Å²) in [6.45, 7) is 2.34. The quantitative estimate of drug-likeness (QED) is 0.652. The lowest BCUT2D eigenvalue weighted by Crippen LogP contribution is -2.24. The van der Waals surface area contributed by atoms with Gasteiger partial charge in [0.2, 0.25) is 0 Å². The predicted octanol–water partition coefficient (Wildman–Crippen LogP) is 3.17. The third-order valence-electron chi connectivity index (χ3n) is 2.07. The molecule has 0 heterocycles. The Labute approximate surface area is 105 Å². The van der Waals surface area contributed by atoms with Crippen LogP contribution in [0.4, 0.5) is 0 Å². The van der Waals surface area contributed by atoms with Gasteiger partial charge in [0.1, 0.15) is 0 Å². The van der Waals surface area contributed by atoms with E-state index >= 15 is 0 Å². The molecule has 1 aromatic rings. The van der Waals surface area contributed by atoms with E-state index in [1.807, 2.05) is 13.0 Å². The number of benzene rings is 1. The standard InChI is InChI=1S/C12H13Cl2NO/c1-9-8-10(14)4-5-11(9)12(16)15-7-3-2-6-13/h2-5,8H,6-7H2,1H3,(H,15,16)/b3-2+. The summed E-state index contributed by atoms with van der Waals surface area (Å²) in [5.41, 5.74) is 1.51. The molecule has 4 heteroatoms. The maximum Gasteiger partial charge on any atom is 0.251 e. The van der Waals surface area contributed by atoms with Crippen molar-refractivity contribution < 1.29 is 4.79 Å². The number of aryl methyl sites for hydroxylation is 1. The SMILES string of the molecule is Cc1cc(Cl)ccc1C(=O)NC/C=C/CCl. The number of allylic oxidation sites excluding steroid dienone is 1. The molecule has 1 aromatic carbocycles. The van der Waals surface area contributed by atoms with Gasteiger partial charge in [-0.3, -0.25) is 4.79 Å². The van der Waals surface area contributed by atoms with E-state index in [-0.39, 0.29) is 5.91 Å². The number of halogens is 2. The number of carbonyl (C=O) groups excluding carboxylic acids is 1. The number of carbonyl (C=O) groups is 1.